The summed E-state index contributed by atoms with van der Waals surface area (Å²) >= 11 is 0. The fourth-order valence-electron chi connectivity index (χ4n) is 2.01. The summed E-state index contributed by atoms with van der Waals surface area (Å²) in [6, 6.07) is 12.8. The molecule has 1 aromatic heterocycles. The molecule has 0 aliphatic carbocycles. The Hall–Kier alpha value is -1.74. The van der Waals surface area contributed by atoms with E-state index < -0.39 is 0 Å². The molecule has 3 heteroatoms. The van der Waals surface area contributed by atoms with Crippen molar-refractivity contribution in [1.29, 1.82) is 0 Å². The summed E-state index contributed by atoms with van der Waals surface area (Å²) in [7, 11) is 1.90. The quantitative estimate of drug-likeness (QED) is 0.894. The Morgan fingerprint density at radius 1 is 1.22 bits per heavy atom. The molecule has 0 aliphatic rings. The SMILES string of the molecule is CNC(Cc1cccc(F)c1)c1cccc(C)n1. The highest BCUT2D eigenvalue weighted by Gasteiger charge is 2.11. The van der Waals surface area contributed by atoms with Crippen molar-refractivity contribution in [3.05, 3.63) is 65.2 Å². The van der Waals surface area contributed by atoms with Crippen molar-refractivity contribution in [1.82, 2.24) is 10.3 Å². The third kappa shape index (κ3) is 3.14. The maximum atomic E-state index is 13.2. The van der Waals surface area contributed by atoms with Crippen LogP contribution in [0.4, 0.5) is 4.39 Å². The van der Waals surface area contributed by atoms with E-state index in [2.05, 4.69) is 10.3 Å². The van der Waals surface area contributed by atoms with Crippen molar-refractivity contribution < 1.29 is 4.39 Å². The van der Waals surface area contributed by atoms with Gasteiger partial charge in [0, 0.05) is 5.69 Å². The van der Waals surface area contributed by atoms with Gasteiger partial charge in [0.1, 0.15) is 5.82 Å². The van der Waals surface area contributed by atoms with Crippen LogP contribution in [0.2, 0.25) is 0 Å². The Morgan fingerprint density at radius 2 is 2.00 bits per heavy atom. The largest absolute Gasteiger partial charge is 0.311 e. The van der Waals surface area contributed by atoms with E-state index in [0.29, 0.717) is 0 Å². The minimum absolute atomic E-state index is 0.103. The van der Waals surface area contributed by atoms with Crippen LogP contribution in [-0.2, 0) is 6.42 Å². The molecule has 0 saturated heterocycles. The van der Waals surface area contributed by atoms with Gasteiger partial charge < -0.3 is 5.32 Å². The maximum absolute atomic E-state index is 13.2. The first-order valence-corrected chi connectivity index (χ1v) is 6.04. The molecule has 1 N–H and O–H groups in total. The van der Waals surface area contributed by atoms with Gasteiger partial charge in [-0.2, -0.15) is 0 Å². The fraction of sp³-hybridized carbons (Fsp3) is 0.267. The lowest BCUT2D eigenvalue weighted by molar-refractivity contribution is 0.569. The predicted octanol–water partition coefficient (Wildman–Crippen LogP) is 3.03. The van der Waals surface area contributed by atoms with Crippen LogP contribution < -0.4 is 5.32 Å². The van der Waals surface area contributed by atoms with E-state index >= 15 is 0 Å². The molecule has 1 aromatic carbocycles. The van der Waals surface area contributed by atoms with E-state index in [-0.39, 0.29) is 11.9 Å². The maximum Gasteiger partial charge on any atom is 0.123 e. The number of nitrogens with zero attached hydrogens (tertiary/aromatic N) is 1. The Kier molecular flexibility index (Phi) is 4.05. The second-order valence-electron chi connectivity index (χ2n) is 4.38. The van der Waals surface area contributed by atoms with Gasteiger partial charge in [-0.3, -0.25) is 4.98 Å². The molecule has 0 aliphatic heterocycles. The van der Waals surface area contributed by atoms with Gasteiger partial charge in [-0.1, -0.05) is 18.2 Å². The lowest BCUT2D eigenvalue weighted by Gasteiger charge is -2.16. The number of aromatic nitrogens is 1. The zero-order chi connectivity index (χ0) is 13.0. The molecule has 2 nitrogen and oxygen atoms in total. The summed E-state index contributed by atoms with van der Waals surface area (Å²) in [6.07, 6.45) is 0.727. The molecule has 2 aromatic rings. The number of halogens is 1. The summed E-state index contributed by atoms with van der Waals surface area (Å²) in [5.74, 6) is -0.195. The van der Waals surface area contributed by atoms with Crippen LogP contribution in [0.15, 0.2) is 42.5 Å². The zero-order valence-corrected chi connectivity index (χ0v) is 10.7. The zero-order valence-electron chi connectivity index (χ0n) is 10.7. The predicted molar refractivity (Wildman–Crippen MR) is 70.9 cm³/mol. The van der Waals surface area contributed by atoms with Gasteiger partial charge in [0.2, 0.25) is 0 Å². The normalized spacial score (nSPS) is 12.4. The standard InChI is InChI=1S/C15H17FN2/c1-11-5-3-8-14(18-11)15(17-2)10-12-6-4-7-13(16)9-12/h3-9,15,17H,10H2,1-2H3. The number of likely N-dealkylation sites (N-methyl/N-ethyl adjacent to an activating group) is 1. The van der Waals surface area contributed by atoms with Crippen molar-refractivity contribution in [2.24, 2.45) is 0 Å². The number of benzene rings is 1. The van der Waals surface area contributed by atoms with E-state index in [1.807, 2.05) is 38.2 Å². The number of pyridine rings is 1. The van der Waals surface area contributed by atoms with Gasteiger partial charge >= 0.3 is 0 Å². The number of hydrogen-bond donors (Lipinski definition) is 1. The highest BCUT2D eigenvalue weighted by molar-refractivity contribution is 5.21. The first-order chi connectivity index (χ1) is 8.69. The summed E-state index contributed by atoms with van der Waals surface area (Å²) in [4.78, 5) is 4.51. The van der Waals surface area contributed by atoms with Crippen LogP contribution in [-0.4, -0.2) is 12.0 Å². The van der Waals surface area contributed by atoms with Crippen LogP contribution in [0.5, 0.6) is 0 Å². The van der Waals surface area contributed by atoms with Crippen LogP contribution >= 0.6 is 0 Å². The van der Waals surface area contributed by atoms with Crippen LogP contribution in [0, 0.1) is 12.7 Å². The van der Waals surface area contributed by atoms with E-state index in [1.165, 1.54) is 6.07 Å². The smallest absolute Gasteiger partial charge is 0.123 e. The van der Waals surface area contributed by atoms with Crippen molar-refractivity contribution in [3.63, 3.8) is 0 Å². The molecule has 0 saturated carbocycles. The van der Waals surface area contributed by atoms with Crippen molar-refractivity contribution in [2.45, 2.75) is 19.4 Å². The molecule has 0 radical (unpaired) electrons. The monoisotopic (exact) mass is 244 g/mol. The highest BCUT2D eigenvalue weighted by atomic mass is 19.1. The molecule has 1 unspecified atom stereocenters. The van der Waals surface area contributed by atoms with Crippen LogP contribution in [0.1, 0.15) is 23.0 Å². The molecule has 0 fully saturated rings. The summed E-state index contributed by atoms with van der Waals surface area (Å²) in [5, 5.41) is 3.23. The second-order valence-corrected chi connectivity index (χ2v) is 4.38. The lowest BCUT2D eigenvalue weighted by atomic mass is 10.0. The average Bonchev–Trinajstić information content (AvgIpc) is 2.36. The first kappa shape index (κ1) is 12.7. The molecule has 0 spiro atoms. The Morgan fingerprint density at radius 3 is 2.67 bits per heavy atom. The Bertz CT molecular complexity index is 525. The molecule has 94 valence electrons. The van der Waals surface area contributed by atoms with Gasteiger partial charge in [-0.05, 0) is 50.2 Å². The van der Waals surface area contributed by atoms with Gasteiger partial charge in [-0.25, -0.2) is 4.39 Å². The molecular weight excluding hydrogens is 227 g/mol. The molecule has 0 bridgehead atoms. The Labute approximate surface area is 107 Å². The molecule has 2 rings (SSSR count). The fourth-order valence-corrected chi connectivity index (χ4v) is 2.01. The third-order valence-corrected chi connectivity index (χ3v) is 2.94. The lowest BCUT2D eigenvalue weighted by Crippen LogP contribution is -2.20. The van der Waals surface area contributed by atoms with Gasteiger partial charge in [-0.15, -0.1) is 0 Å². The van der Waals surface area contributed by atoms with Crippen LogP contribution in [0.3, 0.4) is 0 Å². The summed E-state index contributed by atoms with van der Waals surface area (Å²) in [6.45, 7) is 1.97. The number of nitrogens with one attached hydrogen (secondary N) is 1. The van der Waals surface area contributed by atoms with Gasteiger partial charge in [0.05, 0.1) is 11.7 Å². The molecule has 18 heavy (non-hydrogen) atoms. The molecule has 1 atom stereocenters. The van der Waals surface area contributed by atoms with Crippen molar-refractivity contribution >= 4 is 0 Å². The average molecular weight is 244 g/mol. The minimum atomic E-state index is -0.195. The van der Waals surface area contributed by atoms with Gasteiger partial charge in [0.25, 0.3) is 0 Å². The molecule has 0 amide bonds. The van der Waals surface area contributed by atoms with Crippen LogP contribution in [0.25, 0.3) is 0 Å². The Balaban J connectivity index is 2.19. The van der Waals surface area contributed by atoms with Gasteiger partial charge in [0.15, 0.2) is 0 Å². The summed E-state index contributed by atoms with van der Waals surface area (Å²) in [5.41, 5.74) is 2.95. The molecule has 1 heterocycles. The number of rotatable bonds is 4. The van der Waals surface area contributed by atoms with Crippen molar-refractivity contribution in [3.8, 4) is 0 Å². The second kappa shape index (κ2) is 5.74. The third-order valence-electron chi connectivity index (χ3n) is 2.94. The van der Waals surface area contributed by atoms with E-state index in [0.717, 1.165) is 23.4 Å². The van der Waals surface area contributed by atoms with E-state index in [4.69, 9.17) is 0 Å². The topological polar surface area (TPSA) is 24.9 Å². The highest BCUT2D eigenvalue weighted by Crippen LogP contribution is 2.17. The minimum Gasteiger partial charge on any atom is -0.311 e. The first-order valence-electron chi connectivity index (χ1n) is 6.04. The van der Waals surface area contributed by atoms with Crippen molar-refractivity contribution in [2.75, 3.05) is 7.05 Å². The van der Waals surface area contributed by atoms with E-state index in [1.54, 1.807) is 12.1 Å². The number of hydrogen-bond acceptors (Lipinski definition) is 2. The van der Waals surface area contributed by atoms with E-state index in [9.17, 15) is 4.39 Å². The molecular formula is C15H17FN2. The number of aryl methyl sites for hydroxylation is 1. The summed E-state index contributed by atoms with van der Waals surface area (Å²) < 4.78 is 13.2.